The summed E-state index contributed by atoms with van der Waals surface area (Å²) in [5, 5.41) is 0. The summed E-state index contributed by atoms with van der Waals surface area (Å²) in [6, 6.07) is 0. The van der Waals surface area contributed by atoms with E-state index < -0.39 is 5.91 Å². The number of ether oxygens (including phenoxy) is 1. The third kappa shape index (κ3) is 2.32. The topological polar surface area (TPSA) is 104 Å². The number of nitrogens with two attached hydrogens (primary N) is 2. The normalized spacial score (nSPS) is 9.86. The SMILES string of the molecule is Cc1nc(N)nc(C)c1OCC(N)=O. The standard InChI is InChI=1S/C8H12N4O2/c1-4-7(14-3-6(9)13)5(2)12-8(10)11-4/h3H2,1-2H3,(H2,9,13)(H2,10,11,12). The molecule has 0 aliphatic carbocycles. The lowest BCUT2D eigenvalue weighted by molar-refractivity contribution is -0.119. The van der Waals surface area contributed by atoms with Crippen molar-refractivity contribution in [2.45, 2.75) is 13.8 Å². The van der Waals surface area contributed by atoms with Gasteiger partial charge >= 0.3 is 0 Å². The second kappa shape index (κ2) is 3.91. The number of primary amides is 1. The van der Waals surface area contributed by atoms with Crippen LogP contribution in [-0.4, -0.2) is 22.5 Å². The fourth-order valence-corrected chi connectivity index (χ4v) is 1.08. The zero-order valence-corrected chi connectivity index (χ0v) is 8.07. The van der Waals surface area contributed by atoms with E-state index in [2.05, 4.69) is 9.97 Å². The molecule has 0 aromatic carbocycles. The largest absolute Gasteiger partial charge is 0.480 e. The molecule has 1 aromatic rings. The van der Waals surface area contributed by atoms with Crippen molar-refractivity contribution in [1.29, 1.82) is 0 Å². The molecule has 6 nitrogen and oxygen atoms in total. The lowest BCUT2D eigenvalue weighted by Gasteiger charge is -2.09. The van der Waals surface area contributed by atoms with Gasteiger partial charge in [-0.25, -0.2) is 9.97 Å². The second-order valence-corrected chi connectivity index (χ2v) is 2.84. The minimum absolute atomic E-state index is 0.186. The maximum Gasteiger partial charge on any atom is 0.255 e. The highest BCUT2D eigenvalue weighted by Crippen LogP contribution is 2.19. The predicted octanol–water partition coefficient (Wildman–Crippen LogP) is -0.460. The predicted molar refractivity (Wildman–Crippen MR) is 50.6 cm³/mol. The van der Waals surface area contributed by atoms with Crippen molar-refractivity contribution in [2.75, 3.05) is 12.3 Å². The van der Waals surface area contributed by atoms with Crippen LogP contribution in [0, 0.1) is 13.8 Å². The van der Waals surface area contributed by atoms with Crippen molar-refractivity contribution in [2.24, 2.45) is 5.73 Å². The Labute approximate surface area is 81.3 Å². The number of hydrogen-bond donors (Lipinski definition) is 2. The lowest BCUT2D eigenvalue weighted by Crippen LogP contribution is -2.21. The Bertz CT molecular complexity index is 341. The van der Waals surface area contributed by atoms with Crippen LogP contribution in [0.3, 0.4) is 0 Å². The third-order valence-electron chi connectivity index (χ3n) is 1.58. The fourth-order valence-electron chi connectivity index (χ4n) is 1.08. The first-order valence-corrected chi connectivity index (χ1v) is 4.02. The average Bonchev–Trinajstić information content (AvgIpc) is 2.01. The molecule has 0 saturated carbocycles. The third-order valence-corrected chi connectivity index (χ3v) is 1.58. The van der Waals surface area contributed by atoms with E-state index in [1.165, 1.54) is 0 Å². The Morgan fingerprint density at radius 1 is 1.36 bits per heavy atom. The molecule has 0 atom stereocenters. The van der Waals surface area contributed by atoms with Gasteiger partial charge in [-0.15, -0.1) is 0 Å². The number of carbonyl (C=O) groups is 1. The van der Waals surface area contributed by atoms with Crippen molar-refractivity contribution in [3.05, 3.63) is 11.4 Å². The highest BCUT2D eigenvalue weighted by Gasteiger charge is 2.08. The molecule has 0 spiro atoms. The molecule has 0 bridgehead atoms. The van der Waals surface area contributed by atoms with Crippen LogP contribution in [0.5, 0.6) is 5.75 Å². The first kappa shape index (κ1) is 10.2. The van der Waals surface area contributed by atoms with Gasteiger partial charge in [0.25, 0.3) is 5.91 Å². The Balaban J connectivity index is 2.91. The number of hydrogen-bond acceptors (Lipinski definition) is 5. The van der Waals surface area contributed by atoms with Crippen LogP contribution < -0.4 is 16.2 Å². The number of amides is 1. The minimum Gasteiger partial charge on any atom is -0.480 e. The highest BCUT2D eigenvalue weighted by molar-refractivity contribution is 5.75. The van der Waals surface area contributed by atoms with E-state index in [9.17, 15) is 4.79 Å². The van der Waals surface area contributed by atoms with E-state index in [1.54, 1.807) is 13.8 Å². The van der Waals surface area contributed by atoms with Crippen LogP contribution in [0.2, 0.25) is 0 Å². The Kier molecular flexibility index (Phi) is 2.85. The first-order chi connectivity index (χ1) is 6.50. The maximum absolute atomic E-state index is 10.5. The summed E-state index contributed by atoms with van der Waals surface area (Å²) in [6.07, 6.45) is 0. The number of aromatic nitrogens is 2. The Morgan fingerprint density at radius 3 is 2.29 bits per heavy atom. The molecule has 1 rings (SSSR count). The molecule has 4 N–H and O–H groups in total. The number of nitrogen functional groups attached to an aromatic ring is 1. The van der Waals surface area contributed by atoms with Gasteiger partial charge in [0.15, 0.2) is 12.4 Å². The van der Waals surface area contributed by atoms with Gasteiger partial charge in [0.05, 0.1) is 11.4 Å². The smallest absolute Gasteiger partial charge is 0.255 e. The van der Waals surface area contributed by atoms with Gasteiger partial charge in [-0.3, -0.25) is 4.79 Å². The number of nitrogens with zero attached hydrogens (tertiary/aromatic N) is 2. The lowest BCUT2D eigenvalue weighted by atomic mass is 10.3. The first-order valence-electron chi connectivity index (χ1n) is 4.02. The quantitative estimate of drug-likeness (QED) is 0.680. The molecule has 1 aromatic heterocycles. The minimum atomic E-state index is -0.541. The second-order valence-electron chi connectivity index (χ2n) is 2.84. The van der Waals surface area contributed by atoms with Crippen molar-refractivity contribution in [3.63, 3.8) is 0 Å². The fraction of sp³-hybridized carbons (Fsp3) is 0.375. The molecule has 76 valence electrons. The average molecular weight is 196 g/mol. The molecule has 1 heterocycles. The summed E-state index contributed by atoms with van der Waals surface area (Å²) in [5.41, 5.74) is 11.5. The van der Waals surface area contributed by atoms with Crippen LogP contribution in [0.4, 0.5) is 5.95 Å². The van der Waals surface area contributed by atoms with Gasteiger partial charge in [-0.2, -0.15) is 0 Å². The molecule has 14 heavy (non-hydrogen) atoms. The molecule has 0 radical (unpaired) electrons. The maximum atomic E-state index is 10.5. The summed E-state index contributed by atoms with van der Waals surface area (Å²) in [5.74, 6) is 0.102. The Morgan fingerprint density at radius 2 is 1.86 bits per heavy atom. The van der Waals surface area contributed by atoms with Gasteiger partial charge in [0.1, 0.15) is 0 Å². The van der Waals surface area contributed by atoms with Crippen LogP contribution in [0.25, 0.3) is 0 Å². The van der Waals surface area contributed by atoms with Gasteiger partial charge in [0, 0.05) is 0 Å². The van der Waals surface area contributed by atoms with Crippen LogP contribution in [0.15, 0.2) is 0 Å². The van der Waals surface area contributed by atoms with Crippen molar-refractivity contribution in [1.82, 2.24) is 9.97 Å². The molecule has 0 fully saturated rings. The van der Waals surface area contributed by atoms with E-state index in [4.69, 9.17) is 16.2 Å². The summed E-state index contributed by atoms with van der Waals surface area (Å²) in [7, 11) is 0. The van der Waals surface area contributed by atoms with E-state index in [1.807, 2.05) is 0 Å². The summed E-state index contributed by atoms with van der Waals surface area (Å²) < 4.78 is 5.13. The monoisotopic (exact) mass is 196 g/mol. The van der Waals surface area contributed by atoms with Crippen LogP contribution in [0.1, 0.15) is 11.4 Å². The van der Waals surface area contributed by atoms with Gasteiger partial charge in [0.2, 0.25) is 5.95 Å². The summed E-state index contributed by atoms with van der Waals surface area (Å²) in [6.45, 7) is 3.26. The van der Waals surface area contributed by atoms with Crippen LogP contribution >= 0.6 is 0 Å². The van der Waals surface area contributed by atoms with Crippen molar-refractivity contribution in [3.8, 4) is 5.75 Å². The molecule has 0 unspecified atom stereocenters. The van der Waals surface area contributed by atoms with E-state index in [0.29, 0.717) is 17.1 Å². The summed E-state index contributed by atoms with van der Waals surface area (Å²) in [4.78, 5) is 18.3. The molecular weight excluding hydrogens is 184 g/mol. The Hall–Kier alpha value is -1.85. The summed E-state index contributed by atoms with van der Waals surface area (Å²) >= 11 is 0. The zero-order chi connectivity index (χ0) is 10.7. The van der Waals surface area contributed by atoms with Crippen LogP contribution in [-0.2, 0) is 4.79 Å². The molecular formula is C8H12N4O2. The van der Waals surface area contributed by atoms with Gasteiger partial charge < -0.3 is 16.2 Å². The number of aryl methyl sites for hydroxylation is 2. The van der Waals surface area contributed by atoms with Gasteiger partial charge in [-0.1, -0.05) is 0 Å². The van der Waals surface area contributed by atoms with Gasteiger partial charge in [-0.05, 0) is 13.8 Å². The number of carbonyl (C=O) groups excluding carboxylic acids is 1. The number of rotatable bonds is 3. The zero-order valence-electron chi connectivity index (χ0n) is 8.07. The molecule has 0 aliphatic rings. The molecule has 1 amide bonds. The van der Waals surface area contributed by atoms with E-state index in [0.717, 1.165) is 0 Å². The number of anilines is 1. The van der Waals surface area contributed by atoms with E-state index in [-0.39, 0.29) is 12.6 Å². The highest BCUT2D eigenvalue weighted by atomic mass is 16.5. The molecule has 0 aliphatic heterocycles. The molecule has 0 saturated heterocycles. The molecule has 6 heteroatoms. The van der Waals surface area contributed by atoms with Crippen molar-refractivity contribution >= 4 is 11.9 Å². The van der Waals surface area contributed by atoms with Crippen molar-refractivity contribution < 1.29 is 9.53 Å². The van der Waals surface area contributed by atoms with E-state index >= 15 is 0 Å².